The number of para-hydroxylation sites is 1. The number of carboxylic acids is 1. The molecule has 7 heteroatoms. The minimum Gasteiger partial charge on any atom is -0.478 e. The molecule has 0 saturated carbocycles. The van der Waals surface area contributed by atoms with Crippen LogP contribution in [0.3, 0.4) is 0 Å². The summed E-state index contributed by atoms with van der Waals surface area (Å²) in [6.45, 7) is 4.11. The smallest absolute Gasteiger partial charge is 0.339 e. The van der Waals surface area contributed by atoms with Gasteiger partial charge in [-0.2, -0.15) is 0 Å². The van der Waals surface area contributed by atoms with Gasteiger partial charge in [-0.25, -0.2) is 14.2 Å². The summed E-state index contributed by atoms with van der Waals surface area (Å²) >= 11 is 0. The number of benzene rings is 1. The van der Waals surface area contributed by atoms with Gasteiger partial charge in [0.15, 0.2) is 0 Å². The van der Waals surface area contributed by atoms with E-state index >= 15 is 0 Å². The van der Waals surface area contributed by atoms with E-state index < -0.39 is 11.8 Å². The first-order chi connectivity index (χ1) is 10.9. The van der Waals surface area contributed by atoms with Crippen molar-refractivity contribution in [1.82, 2.24) is 10.3 Å². The van der Waals surface area contributed by atoms with Crippen LogP contribution < -0.4 is 16.4 Å². The Morgan fingerprint density at radius 1 is 1.43 bits per heavy atom. The van der Waals surface area contributed by atoms with Crippen LogP contribution in [0.4, 0.5) is 15.9 Å². The summed E-state index contributed by atoms with van der Waals surface area (Å²) in [7, 11) is 1.74. The molecule has 0 spiro atoms. The van der Waals surface area contributed by atoms with E-state index in [1.165, 1.54) is 0 Å². The minimum atomic E-state index is -1.26. The van der Waals surface area contributed by atoms with E-state index in [-0.39, 0.29) is 17.9 Å². The number of anilines is 2. The number of carbonyl (C=O) groups is 1. The number of nitrogens with one attached hydrogen (secondary N) is 2. The molecular formula is C16H17FN4O2. The highest BCUT2D eigenvalue weighted by Crippen LogP contribution is 2.23. The second-order valence-electron chi connectivity index (χ2n) is 4.82. The molecule has 0 atom stereocenters. The maximum atomic E-state index is 13.1. The summed E-state index contributed by atoms with van der Waals surface area (Å²) < 4.78 is 13.1. The molecule has 1 aromatic heterocycles. The maximum Gasteiger partial charge on any atom is 0.339 e. The molecule has 5 N–H and O–H groups in total. The normalized spacial score (nSPS) is 10.2. The number of aromatic nitrogens is 1. The van der Waals surface area contributed by atoms with Crippen molar-refractivity contribution < 1.29 is 14.3 Å². The van der Waals surface area contributed by atoms with Crippen LogP contribution in [0.1, 0.15) is 21.5 Å². The third kappa shape index (κ3) is 3.57. The van der Waals surface area contributed by atoms with Gasteiger partial charge in [0, 0.05) is 30.5 Å². The molecule has 2 aromatic rings. The number of aromatic carboxylic acids is 1. The van der Waals surface area contributed by atoms with Crippen molar-refractivity contribution in [2.75, 3.05) is 18.1 Å². The molecule has 2 rings (SSSR count). The molecule has 0 amide bonds. The third-order valence-electron chi connectivity index (χ3n) is 3.35. The predicted molar refractivity (Wildman–Crippen MR) is 87.4 cm³/mol. The van der Waals surface area contributed by atoms with Crippen LogP contribution in [-0.4, -0.2) is 23.1 Å². The maximum absolute atomic E-state index is 13.1. The van der Waals surface area contributed by atoms with E-state index in [1.807, 2.05) is 12.1 Å². The van der Waals surface area contributed by atoms with Gasteiger partial charge in [-0.1, -0.05) is 24.8 Å². The van der Waals surface area contributed by atoms with Crippen LogP contribution in [-0.2, 0) is 6.54 Å². The van der Waals surface area contributed by atoms with Gasteiger partial charge < -0.3 is 21.5 Å². The Balaban J connectivity index is 2.25. The van der Waals surface area contributed by atoms with Crippen LogP contribution in [0.25, 0.3) is 5.70 Å². The van der Waals surface area contributed by atoms with Crippen molar-refractivity contribution in [3.05, 3.63) is 59.5 Å². The number of rotatable bonds is 6. The van der Waals surface area contributed by atoms with Crippen molar-refractivity contribution in [2.24, 2.45) is 0 Å². The molecule has 0 aliphatic carbocycles. The van der Waals surface area contributed by atoms with Crippen LogP contribution in [0.5, 0.6) is 0 Å². The summed E-state index contributed by atoms with van der Waals surface area (Å²) in [6.07, 6.45) is 0.956. The van der Waals surface area contributed by atoms with E-state index in [0.29, 0.717) is 11.4 Å². The van der Waals surface area contributed by atoms with Crippen molar-refractivity contribution in [1.29, 1.82) is 0 Å². The summed E-state index contributed by atoms with van der Waals surface area (Å²) in [5.41, 5.74) is 8.59. The lowest BCUT2D eigenvalue weighted by molar-refractivity contribution is 0.0697. The average Bonchev–Trinajstić information content (AvgIpc) is 2.54. The minimum absolute atomic E-state index is 0.0798. The van der Waals surface area contributed by atoms with E-state index in [2.05, 4.69) is 22.2 Å². The number of carboxylic acid groups (broad SMARTS) is 1. The van der Waals surface area contributed by atoms with E-state index in [4.69, 9.17) is 10.8 Å². The fraction of sp³-hybridized carbons (Fsp3) is 0.125. The van der Waals surface area contributed by atoms with Gasteiger partial charge in [0.2, 0.25) is 0 Å². The molecule has 0 aliphatic rings. The second kappa shape index (κ2) is 6.78. The number of pyridine rings is 1. The first-order valence-electron chi connectivity index (χ1n) is 6.81. The second-order valence-corrected chi connectivity index (χ2v) is 4.82. The van der Waals surface area contributed by atoms with Crippen molar-refractivity contribution in [3.63, 3.8) is 0 Å². The molecular weight excluding hydrogens is 299 g/mol. The van der Waals surface area contributed by atoms with Gasteiger partial charge in [-0.05, 0) is 11.6 Å². The van der Waals surface area contributed by atoms with Crippen molar-refractivity contribution in [2.45, 2.75) is 6.54 Å². The zero-order valence-corrected chi connectivity index (χ0v) is 12.6. The Bertz CT molecular complexity index is 762. The summed E-state index contributed by atoms with van der Waals surface area (Å²) in [5, 5.41) is 14.9. The highest BCUT2D eigenvalue weighted by molar-refractivity contribution is 5.93. The lowest BCUT2D eigenvalue weighted by Crippen LogP contribution is -2.12. The molecule has 0 fully saturated rings. The van der Waals surface area contributed by atoms with Gasteiger partial charge in [-0.3, -0.25) is 0 Å². The van der Waals surface area contributed by atoms with Gasteiger partial charge in [0.05, 0.1) is 6.20 Å². The monoisotopic (exact) mass is 316 g/mol. The third-order valence-corrected chi connectivity index (χ3v) is 3.35. The van der Waals surface area contributed by atoms with Crippen LogP contribution in [0.15, 0.2) is 37.0 Å². The van der Waals surface area contributed by atoms with E-state index in [1.54, 1.807) is 13.1 Å². The molecule has 0 unspecified atom stereocenters. The summed E-state index contributed by atoms with van der Waals surface area (Å²) in [6, 6.07) is 6.37. The van der Waals surface area contributed by atoms with E-state index in [0.717, 1.165) is 23.4 Å². The highest BCUT2D eigenvalue weighted by Gasteiger charge is 2.14. The Labute approximate surface area is 132 Å². The molecule has 6 nitrogen and oxygen atoms in total. The molecule has 120 valence electrons. The standard InChI is InChI=1S/C16H17FN4O2/c1-9(19-2)12-5-3-4-10(14(12)18)7-20-15-13(16(22)23)6-11(17)8-21-15/h3-6,8,19H,1,7,18H2,2H3,(H,20,21)(H,22,23). The molecule has 1 aromatic carbocycles. The number of nitrogens with two attached hydrogens (primary N) is 1. The first-order valence-corrected chi connectivity index (χ1v) is 6.81. The first kappa shape index (κ1) is 16.3. The van der Waals surface area contributed by atoms with Gasteiger partial charge in [0.25, 0.3) is 0 Å². The number of hydrogen-bond acceptors (Lipinski definition) is 5. The summed E-state index contributed by atoms with van der Waals surface area (Å²) in [5.74, 6) is -1.89. The molecule has 0 radical (unpaired) electrons. The number of hydrogen-bond donors (Lipinski definition) is 4. The fourth-order valence-electron chi connectivity index (χ4n) is 2.09. The zero-order chi connectivity index (χ0) is 17.0. The van der Waals surface area contributed by atoms with Crippen molar-refractivity contribution >= 4 is 23.2 Å². The lowest BCUT2D eigenvalue weighted by atomic mass is 10.1. The van der Waals surface area contributed by atoms with Crippen LogP contribution in [0.2, 0.25) is 0 Å². The average molecular weight is 316 g/mol. The number of halogens is 1. The van der Waals surface area contributed by atoms with E-state index in [9.17, 15) is 9.18 Å². The molecule has 0 aliphatic heterocycles. The largest absolute Gasteiger partial charge is 0.478 e. The van der Waals surface area contributed by atoms with Crippen molar-refractivity contribution in [3.8, 4) is 0 Å². The number of nitrogen functional groups attached to an aromatic ring is 1. The molecule has 0 bridgehead atoms. The Hall–Kier alpha value is -3.09. The predicted octanol–water partition coefficient (Wildman–Crippen LogP) is 2.30. The number of nitrogens with zero attached hydrogens (tertiary/aromatic N) is 1. The Kier molecular flexibility index (Phi) is 4.80. The fourth-order valence-corrected chi connectivity index (χ4v) is 2.09. The zero-order valence-electron chi connectivity index (χ0n) is 12.6. The topological polar surface area (TPSA) is 100 Å². The van der Waals surface area contributed by atoms with Gasteiger partial charge >= 0.3 is 5.97 Å². The van der Waals surface area contributed by atoms with Crippen LogP contribution in [0, 0.1) is 5.82 Å². The van der Waals surface area contributed by atoms with Gasteiger partial charge in [0.1, 0.15) is 17.2 Å². The lowest BCUT2D eigenvalue weighted by Gasteiger charge is -2.14. The SMILES string of the molecule is C=C(NC)c1cccc(CNc2ncc(F)cc2C(=O)O)c1N. The highest BCUT2D eigenvalue weighted by atomic mass is 19.1. The van der Waals surface area contributed by atoms with Crippen LogP contribution >= 0.6 is 0 Å². The molecule has 0 saturated heterocycles. The molecule has 1 heterocycles. The summed E-state index contributed by atoms with van der Waals surface area (Å²) in [4.78, 5) is 14.9. The molecule has 23 heavy (non-hydrogen) atoms. The Morgan fingerprint density at radius 2 is 2.17 bits per heavy atom. The van der Waals surface area contributed by atoms with Gasteiger partial charge in [-0.15, -0.1) is 0 Å². The quantitative estimate of drug-likeness (QED) is 0.610. The Morgan fingerprint density at radius 3 is 2.83 bits per heavy atom.